The number of rotatable bonds is 9. The summed E-state index contributed by atoms with van der Waals surface area (Å²) in [5.41, 5.74) is 12.2. The molecule has 6 atom stereocenters. The first-order valence-corrected chi connectivity index (χ1v) is 12.2. The summed E-state index contributed by atoms with van der Waals surface area (Å²) in [6, 6.07) is 2.28. The molecule has 2 aliphatic heterocycles. The lowest BCUT2D eigenvalue weighted by atomic mass is 9.76. The van der Waals surface area contributed by atoms with Crippen LogP contribution in [-0.2, 0) is 9.53 Å². The lowest BCUT2D eigenvalue weighted by Crippen LogP contribution is -2.69. The average Bonchev–Trinajstić information content (AvgIpc) is 2.80. The van der Waals surface area contributed by atoms with Gasteiger partial charge in [-0.2, -0.15) is 5.26 Å². The Morgan fingerprint density at radius 1 is 1.22 bits per heavy atom. The van der Waals surface area contributed by atoms with Gasteiger partial charge in [-0.3, -0.25) is 10.1 Å². The zero-order chi connectivity index (χ0) is 22.9. The molecule has 0 aromatic heterocycles. The Labute approximate surface area is 191 Å². The number of amides is 1. The summed E-state index contributed by atoms with van der Waals surface area (Å²) in [5.74, 6) is -0.166. The van der Waals surface area contributed by atoms with Gasteiger partial charge in [0.15, 0.2) is 0 Å². The fraction of sp³-hybridized carbons (Fsp3) is 0.909. The van der Waals surface area contributed by atoms with Gasteiger partial charge in [0.05, 0.1) is 49.7 Å². The van der Waals surface area contributed by atoms with Crippen LogP contribution in [0.1, 0.15) is 44.9 Å². The van der Waals surface area contributed by atoms with Crippen molar-refractivity contribution in [2.45, 2.75) is 75.5 Å². The van der Waals surface area contributed by atoms with Crippen LogP contribution in [0.3, 0.4) is 0 Å². The highest BCUT2D eigenvalue weighted by molar-refractivity contribution is 5.80. The van der Waals surface area contributed by atoms with Crippen molar-refractivity contribution in [1.29, 1.82) is 5.26 Å². The molecule has 0 aromatic rings. The highest BCUT2D eigenvalue weighted by Gasteiger charge is 2.42. The molecule has 6 unspecified atom stereocenters. The molecule has 3 aliphatic rings. The predicted molar refractivity (Wildman–Crippen MR) is 121 cm³/mol. The third-order valence-corrected chi connectivity index (χ3v) is 7.24. The van der Waals surface area contributed by atoms with Crippen molar-refractivity contribution in [3.05, 3.63) is 0 Å². The van der Waals surface area contributed by atoms with Gasteiger partial charge in [-0.05, 0) is 37.6 Å². The molecule has 3 fully saturated rings. The van der Waals surface area contributed by atoms with Gasteiger partial charge >= 0.3 is 0 Å². The molecule has 9 N–H and O–H groups in total. The third kappa shape index (κ3) is 6.60. The normalized spacial score (nSPS) is 32.9. The number of nitrogens with one attached hydrogen (secondary N) is 4. The van der Waals surface area contributed by atoms with E-state index >= 15 is 0 Å². The smallest absolute Gasteiger partial charge is 0.229 e. The summed E-state index contributed by atoms with van der Waals surface area (Å²) in [6.07, 6.45) is 5.87. The summed E-state index contributed by atoms with van der Waals surface area (Å²) >= 11 is 0. The zero-order valence-corrected chi connectivity index (χ0v) is 19.0. The van der Waals surface area contributed by atoms with Gasteiger partial charge in [-0.1, -0.05) is 19.3 Å². The Balaban J connectivity index is 1.68. The van der Waals surface area contributed by atoms with E-state index in [2.05, 4.69) is 27.3 Å². The van der Waals surface area contributed by atoms with Crippen molar-refractivity contribution in [1.82, 2.24) is 21.3 Å². The first-order chi connectivity index (χ1) is 15.5. The lowest BCUT2D eigenvalue weighted by molar-refractivity contribution is -0.130. The van der Waals surface area contributed by atoms with Crippen molar-refractivity contribution < 1.29 is 14.6 Å². The Kier molecular flexibility index (Phi) is 10.1. The first-order valence-electron chi connectivity index (χ1n) is 12.2. The van der Waals surface area contributed by atoms with Gasteiger partial charge in [0.1, 0.15) is 0 Å². The molecule has 0 radical (unpaired) electrons. The fourth-order valence-electron chi connectivity index (χ4n) is 5.58. The van der Waals surface area contributed by atoms with Crippen LogP contribution in [0.5, 0.6) is 0 Å². The summed E-state index contributed by atoms with van der Waals surface area (Å²) in [7, 11) is 0. The fourth-order valence-corrected chi connectivity index (χ4v) is 5.58. The van der Waals surface area contributed by atoms with Crippen LogP contribution in [0.2, 0.25) is 0 Å². The molecule has 10 heteroatoms. The quantitative estimate of drug-likeness (QED) is 0.210. The number of nitriles is 1. The molecule has 10 nitrogen and oxygen atoms in total. The van der Waals surface area contributed by atoms with Crippen LogP contribution in [0, 0.1) is 29.1 Å². The predicted octanol–water partition coefficient (Wildman–Crippen LogP) is -1.30. The molecule has 32 heavy (non-hydrogen) atoms. The molecular weight excluding hydrogens is 410 g/mol. The van der Waals surface area contributed by atoms with E-state index in [1.165, 1.54) is 19.3 Å². The molecule has 2 saturated heterocycles. The topological polar surface area (TPSA) is 170 Å². The molecule has 2 heterocycles. The maximum absolute atomic E-state index is 13.3. The van der Waals surface area contributed by atoms with E-state index in [1.54, 1.807) is 0 Å². The maximum Gasteiger partial charge on any atom is 0.229 e. The Hall–Kier alpha value is -1.32. The maximum atomic E-state index is 13.3. The van der Waals surface area contributed by atoms with E-state index in [0.29, 0.717) is 25.4 Å². The Morgan fingerprint density at radius 2 is 2.00 bits per heavy atom. The minimum atomic E-state index is -0.840. The number of aliphatic hydroxyl groups is 1. The number of hydrogen-bond donors (Lipinski definition) is 7. The number of piperidine rings is 1. The monoisotopic (exact) mass is 451 g/mol. The summed E-state index contributed by atoms with van der Waals surface area (Å²) < 4.78 is 5.74. The van der Waals surface area contributed by atoms with Crippen molar-refractivity contribution in [2.75, 3.05) is 32.8 Å². The van der Waals surface area contributed by atoms with E-state index in [4.69, 9.17) is 21.3 Å². The number of carbonyl (C=O) groups excluding carboxylic acids is 1. The molecule has 1 amide bonds. The largest absolute Gasteiger partial charge is 0.394 e. The number of carbonyl (C=O) groups is 1. The lowest BCUT2D eigenvalue weighted by Gasteiger charge is -2.45. The van der Waals surface area contributed by atoms with E-state index < -0.39 is 12.1 Å². The van der Waals surface area contributed by atoms with Gasteiger partial charge in [0.25, 0.3) is 0 Å². The van der Waals surface area contributed by atoms with E-state index in [0.717, 1.165) is 25.8 Å². The van der Waals surface area contributed by atoms with Crippen LogP contribution in [0.25, 0.3) is 0 Å². The number of aliphatic hydroxyl groups excluding tert-OH is 1. The highest BCUT2D eigenvalue weighted by atomic mass is 16.5. The molecule has 182 valence electrons. The molecule has 0 aromatic carbocycles. The molecule has 1 aliphatic carbocycles. The van der Waals surface area contributed by atoms with Crippen molar-refractivity contribution in [2.24, 2.45) is 29.2 Å². The standard InChI is InChI=1S/C22H41N7O3/c23-8-6-15-12-27-21(29-19(15)14-4-2-1-3-5-14)18(20(24)25)22(31)28-16-13-26-9-7-17(16)32-11-10-30/h14-21,26-27,29-30H,1-7,9-13,24-25H2,(H,28,31). The second kappa shape index (κ2) is 12.8. The van der Waals surface area contributed by atoms with Crippen LogP contribution >= 0.6 is 0 Å². The van der Waals surface area contributed by atoms with Crippen molar-refractivity contribution >= 4 is 5.91 Å². The van der Waals surface area contributed by atoms with E-state index in [-0.39, 0.29) is 49.4 Å². The van der Waals surface area contributed by atoms with Crippen molar-refractivity contribution in [3.63, 3.8) is 0 Å². The number of nitrogens with zero attached hydrogens (tertiary/aromatic N) is 1. The second-order valence-corrected chi connectivity index (χ2v) is 9.44. The molecule has 1 saturated carbocycles. The molecule has 0 spiro atoms. The van der Waals surface area contributed by atoms with Crippen molar-refractivity contribution in [3.8, 4) is 6.07 Å². The van der Waals surface area contributed by atoms with Gasteiger partial charge in [-0.25, -0.2) is 0 Å². The third-order valence-electron chi connectivity index (χ3n) is 7.24. The summed E-state index contributed by atoms with van der Waals surface area (Å²) in [4.78, 5) is 13.3. The number of hydrogen-bond acceptors (Lipinski definition) is 9. The number of ether oxygens (including phenoxy) is 1. The summed E-state index contributed by atoms with van der Waals surface area (Å²) in [6.45, 7) is 2.25. The van der Waals surface area contributed by atoms with Crippen LogP contribution in [0.15, 0.2) is 0 Å². The van der Waals surface area contributed by atoms with E-state index in [1.807, 2.05) is 0 Å². The van der Waals surface area contributed by atoms with Crippen LogP contribution in [0.4, 0.5) is 0 Å². The summed E-state index contributed by atoms with van der Waals surface area (Å²) in [5, 5.41) is 31.8. The highest BCUT2D eigenvalue weighted by Crippen LogP contribution is 2.32. The van der Waals surface area contributed by atoms with Gasteiger partial charge < -0.3 is 37.3 Å². The first kappa shape index (κ1) is 25.3. The molecular formula is C22H41N7O3. The molecule has 3 rings (SSSR count). The SMILES string of the molecule is N#CCC1CNC(C(C(=O)NC2CNCCC2OCCO)C(N)N)NC1C1CCCCC1. The zero-order valence-electron chi connectivity index (χ0n) is 19.0. The van der Waals surface area contributed by atoms with E-state index in [9.17, 15) is 10.1 Å². The second-order valence-electron chi connectivity index (χ2n) is 9.44. The minimum Gasteiger partial charge on any atom is -0.394 e. The Morgan fingerprint density at radius 3 is 2.69 bits per heavy atom. The van der Waals surface area contributed by atoms with Gasteiger partial charge in [0, 0.05) is 25.6 Å². The van der Waals surface area contributed by atoms with Gasteiger partial charge in [-0.15, -0.1) is 0 Å². The number of nitrogens with two attached hydrogens (primary N) is 2. The average molecular weight is 452 g/mol. The van der Waals surface area contributed by atoms with Gasteiger partial charge in [0.2, 0.25) is 5.91 Å². The minimum absolute atomic E-state index is 0.0524. The van der Waals surface area contributed by atoms with Crippen LogP contribution < -0.4 is 32.7 Å². The Bertz CT molecular complexity index is 623. The molecule has 0 bridgehead atoms. The van der Waals surface area contributed by atoms with Crippen LogP contribution in [-0.4, -0.2) is 74.4 Å².